The summed E-state index contributed by atoms with van der Waals surface area (Å²) < 4.78 is 0. The molecule has 0 bridgehead atoms. The molecular weight excluding hydrogens is 1600 g/mol. The highest BCUT2D eigenvalue weighted by Gasteiger charge is 2.33. The monoisotopic (exact) mass is 1690 g/mol. The van der Waals surface area contributed by atoms with Gasteiger partial charge in [-0.1, -0.05) is 328 Å². The van der Waals surface area contributed by atoms with Crippen molar-refractivity contribution in [2.24, 2.45) is 0 Å². The summed E-state index contributed by atoms with van der Waals surface area (Å²) >= 11 is 0. The van der Waals surface area contributed by atoms with Crippen molar-refractivity contribution in [3.8, 4) is 0 Å². The van der Waals surface area contributed by atoms with Crippen LogP contribution in [-0.4, -0.2) is 0 Å². The summed E-state index contributed by atoms with van der Waals surface area (Å²) in [4.78, 5) is 24.5. The van der Waals surface area contributed by atoms with Gasteiger partial charge >= 0.3 is 0 Å². The van der Waals surface area contributed by atoms with Crippen LogP contribution in [0, 0.1) is 0 Å². The van der Waals surface area contributed by atoms with Gasteiger partial charge in [0.05, 0.1) is 65.4 Å². The maximum absolute atomic E-state index is 2.21. The molecule has 0 N–H and O–H groups in total. The molecule has 0 aromatic heterocycles. The first-order valence-electron chi connectivity index (χ1n) is 38.1. The van der Waals surface area contributed by atoms with E-state index in [4.69, 9.17) is 0 Å². The van der Waals surface area contributed by atoms with Gasteiger partial charge in [0.25, 0.3) is 0 Å². The average Bonchev–Trinajstić information content (AvgIpc) is 0.853. The third-order valence-electron chi connectivity index (χ3n) is 17.6. The zero-order valence-corrected chi connectivity index (χ0v) is 70.6. The van der Waals surface area contributed by atoms with Crippen molar-refractivity contribution in [2.75, 3.05) is 0 Å². The van der Waals surface area contributed by atoms with Crippen molar-refractivity contribution in [2.45, 2.75) is 88.1 Å². The van der Waals surface area contributed by atoms with E-state index in [1.54, 1.807) is 0 Å². The van der Waals surface area contributed by atoms with E-state index in [1.165, 1.54) is 88.1 Å². The second-order valence-corrected chi connectivity index (χ2v) is 37.6. The Morgan fingerprint density at radius 1 is 0.0667 bits per heavy atom. The van der Waals surface area contributed by atoms with Crippen molar-refractivity contribution in [3.05, 3.63) is 546 Å². The van der Waals surface area contributed by atoms with E-state index in [9.17, 15) is 0 Å². The maximum Gasteiger partial charge on any atom is 0.166 e. The zero-order valence-electron chi connectivity index (χ0n) is 65.7. The number of halogens is 6. The van der Waals surface area contributed by atoms with Crippen molar-refractivity contribution in [3.63, 3.8) is 0 Å². The van der Waals surface area contributed by atoms with Gasteiger partial charge in [0.1, 0.15) is 0 Å². The first-order chi connectivity index (χ1) is 56.7. The quantitative estimate of drug-likeness (QED) is 0.0593. The third-order valence-corrected chi connectivity index (χ3v) is 31.0. The van der Waals surface area contributed by atoms with Gasteiger partial charge in [-0.3, -0.25) is 0 Å². The number of hydrogen-bond acceptors (Lipinski definition) is 0. The smallest absolute Gasteiger partial charge is 0.166 e. The van der Waals surface area contributed by atoms with Crippen LogP contribution >= 0.6 is 0 Å². The summed E-state index contributed by atoms with van der Waals surface area (Å²) in [6.07, 6.45) is 0. The summed E-state index contributed by atoms with van der Waals surface area (Å²) in [6.45, 7) is 0. The Balaban J connectivity index is 0.000000196. The average molecular weight is 1690 g/mol. The predicted octanol–water partition coefficient (Wildman–Crippen LogP) is 10.7. The van der Waals surface area contributed by atoms with E-state index in [0.29, 0.717) is 0 Å². The highest BCUT2D eigenvalue weighted by Crippen LogP contribution is 2.37. The molecule has 12 heteroatoms. The van der Waals surface area contributed by atoms with Crippen LogP contribution in [0.4, 0.5) is 0 Å². The second kappa shape index (κ2) is 53.1. The lowest BCUT2D eigenvalue weighted by atomic mass is 10.4. The molecule has 600 valence electrons. The molecule has 0 fully saturated rings. The van der Waals surface area contributed by atoms with E-state index in [0.717, 1.165) is 0 Å². The lowest BCUT2D eigenvalue weighted by Gasteiger charge is -2.07. The Morgan fingerprint density at radius 3 is 0.150 bits per heavy atom. The van der Waals surface area contributed by atoms with Crippen LogP contribution in [0.3, 0.4) is 0 Å². The van der Waals surface area contributed by atoms with E-state index >= 15 is 0 Å². The molecule has 0 nitrogen and oxygen atoms in total. The Kier molecular flexibility index (Phi) is 42.0. The standard InChI is InChI=1S/6C18H15S.6FH/c6*1-4-10-16(11-5-1)19(17-12-6-2-7-13-17)18-14-8-3-9-15-18;;;;;;/h6*1-15H;6*1H/q6*+1;;;;;;/p-6. The fraction of sp³-hybridized carbons (Fsp3) is 0. The van der Waals surface area contributed by atoms with E-state index in [-0.39, 0.29) is 93.6 Å². The van der Waals surface area contributed by atoms with Gasteiger partial charge in [0.15, 0.2) is 88.1 Å². The Hall–Kier alpha value is -12.4. The summed E-state index contributed by atoms with van der Waals surface area (Å²) in [5.41, 5.74) is 0. The lowest BCUT2D eigenvalue weighted by Crippen LogP contribution is -3.00. The minimum atomic E-state index is -0.0146. The highest BCUT2D eigenvalue weighted by molar-refractivity contribution is 7.98. The predicted molar refractivity (Wildman–Crippen MR) is 489 cm³/mol. The van der Waals surface area contributed by atoms with Crippen LogP contribution in [0.2, 0.25) is 0 Å². The molecule has 0 saturated heterocycles. The van der Waals surface area contributed by atoms with Crippen LogP contribution in [0.15, 0.2) is 634 Å². The number of hydrogen-bond donors (Lipinski definition) is 0. The number of benzene rings is 18. The molecule has 0 spiro atoms. The van der Waals surface area contributed by atoms with Crippen LogP contribution in [0.25, 0.3) is 0 Å². The molecule has 120 heavy (non-hydrogen) atoms. The van der Waals surface area contributed by atoms with Crippen molar-refractivity contribution >= 4 is 65.4 Å². The van der Waals surface area contributed by atoms with Gasteiger partial charge in [0.2, 0.25) is 0 Å². The molecule has 18 rings (SSSR count). The minimum Gasteiger partial charge on any atom is -1.00 e. The molecule has 18 aromatic carbocycles. The largest absolute Gasteiger partial charge is 1.00 e. The summed E-state index contributed by atoms with van der Waals surface area (Å²) in [5, 5.41) is 0. The van der Waals surface area contributed by atoms with Gasteiger partial charge in [0, 0.05) is 0 Å². The topological polar surface area (TPSA) is 0 Å². The van der Waals surface area contributed by atoms with E-state index in [1.807, 2.05) is 0 Å². The molecule has 0 aliphatic rings. The molecule has 0 aliphatic carbocycles. The molecule has 0 aliphatic heterocycles. The Labute approximate surface area is 721 Å². The molecule has 0 heterocycles. The van der Waals surface area contributed by atoms with Gasteiger partial charge in [-0.2, -0.15) is 0 Å². The molecule has 0 amide bonds. The minimum absolute atomic E-state index is 0. The fourth-order valence-corrected chi connectivity index (χ4v) is 25.1. The van der Waals surface area contributed by atoms with Gasteiger partial charge in [-0.15, -0.1) is 0 Å². The van der Waals surface area contributed by atoms with Crippen molar-refractivity contribution in [1.82, 2.24) is 0 Å². The SMILES string of the molecule is [F-].[F-].[F-].[F-].[F-].[F-].c1ccc([S+](c2ccccc2)c2ccccc2)cc1.c1ccc([S+](c2ccccc2)c2ccccc2)cc1.c1ccc([S+](c2ccccc2)c2ccccc2)cc1.c1ccc([S+](c2ccccc2)c2ccccc2)cc1.c1ccc([S+](c2ccccc2)c2ccccc2)cc1.c1ccc([S+](c2ccccc2)c2ccccc2)cc1. The molecule has 0 saturated carbocycles. The first kappa shape index (κ1) is 94.8. The molecule has 0 radical (unpaired) electrons. The van der Waals surface area contributed by atoms with Crippen LogP contribution in [0.5, 0.6) is 0 Å². The first-order valence-corrected chi connectivity index (χ1v) is 45.4. The molecular formula is C108H90F6S6. The lowest BCUT2D eigenvalue weighted by molar-refractivity contribution is -0.00100. The summed E-state index contributed by atoms with van der Waals surface area (Å²) in [6, 6.07) is 193. The van der Waals surface area contributed by atoms with Gasteiger partial charge in [-0.05, 0) is 218 Å². The third kappa shape index (κ3) is 27.9. The van der Waals surface area contributed by atoms with Crippen LogP contribution in [0.1, 0.15) is 0 Å². The number of rotatable bonds is 18. The molecule has 0 unspecified atom stereocenters. The van der Waals surface area contributed by atoms with Crippen molar-refractivity contribution < 1.29 is 28.2 Å². The maximum atomic E-state index is 2.21. The van der Waals surface area contributed by atoms with Crippen LogP contribution < -0.4 is 28.2 Å². The zero-order chi connectivity index (χ0) is 77.5. The van der Waals surface area contributed by atoms with Gasteiger partial charge < -0.3 is 28.2 Å². The van der Waals surface area contributed by atoms with Crippen LogP contribution in [-0.2, 0) is 65.4 Å². The fourth-order valence-electron chi connectivity index (χ4n) is 12.5. The molecule has 18 aromatic rings. The Bertz CT molecular complexity index is 4100. The van der Waals surface area contributed by atoms with Crippen molar-refractivity contribution in [1.29, 1.82) is 0 Å². The second-order valence-electron chi connectivity index (χ2n) is 25.5. The Morgan fingerprint density at radius 2 is 0.108 bits per heavy atom. The van der Waals surface area contributed by atoms with E-state index in [2.05, 4.69) is 546 Å². The summed E-state index contributed by atoms with van der Waals surface area (Å²) in [5.74, 6) is 0. The van der Waals surface area contributed by atoms with Gasteiger partial charge in [-0.25, -0.2) is 0 Å². The molecule has 0 atom stereocenters. The summed E-state index contributed by atoms with van der Waals surface area (Å²) in [7, 11) is -0.0878. The normalized spacial score (nSPS) is 10.1. The van der Waals surface area contributed by atoms with E-state index < -0.39 is 0 Å². The highest BCUT2D eigenvalue weighted by atomic mass is 32.2.